The van der Waals surface area contributed by atoms with Gasteiger partial charge in [-0.2, -0.15) is 5.26 Å². The number of nitrogens with one attached hydrogen (secondary N) is 1. The number of nitriles is 1. The van der Waals surface area contributed by atoms with Crippen LogP contribution in [0.2, 0.25) is 0 Å². The number of carbonyl (C=O) groups is 2. The van der Waals surface area contributed by atoms with E-state index >= 15 is 0 Å². The smallest absolute Gasteiger partial charge is 0.238 e. The molecule has 0 aliphatic heterocycles. The SMILES string of the molecule is Cc1ccc(NC(=O)CC#N)c(C=O)c1. The van der Waals surface area contributed by atoms with Crippen molar-refractivity contribution >= 4 is 17.9 Å². The maximum atomic E-state index is 11.1. The molecule has 4 heteroatoms. The van der Waals surface area contributed by atoms with Crippen molar-refractivity contribution in [3.63, 3.8) is 0 Å². The number of anilines is 1. The van der Waals surface area contributed by atoms with Crippen molar-refractivity contribution in [3.8, 4) is 6.07 Å². The lowest BCUT2D eigenvalue weighted by Crippen LogP contribution is -2.11. The Morgan fingerprint density at radius 3 is 2.93 bits per heavy atom. The van der Waals surface area contributed by atoms with Crippen molar-refractivity contribution in [1.29, 1.82) is 5.26 Å². The first kappa shape index (κ1) is 10.9. The van der Waals surface area contributed by atoms with Crippen LogP contribution >= 0.6 is 0 Å². The fourth-order valence-corrected chi connectivity index (χ4v) is 1.16. The number of carbonyl (C=O) groups excluding carboxylic acids is 2. The minimum absolute atomic E-state index is 0.216. The van der Waals surface area contributed by atoms with Crippen LogP contribution in [0.25, 0.3) is 0 Å². The summed E-state index contributed by atoms with van der Waals surface area (Å²) < 4.78 is 0. The molecule has 0 bridgehead atoms. The number of aryl methyl sites for hydroxylation is 1. The second-order valence-corrected chi connectivity index (χ2v) is 3.09. The Morgan fingerprint density at radius 2 is 2.33 bits per heavy atom. The van der Waals surface area contributed by atoms with E-state index in [2.05, 4.69) is 5.32 Å². The molecule has 0 saturated carbocycles. The number of amides is 1. The Hall–Kier alpha value is -2.15. The molecule has 0 radical (unpaired) electrons. The molecule has 0 unspecified atom stereocenters. The van der Waals surface area contributed by atoms with E-state index < -0.39 is 5.91 Å². The van der Waals surface area contributed by atoms with Crippen LogP contribution in [-0.4, -0.2) is 12.2 Å². The van der Waals surface area contributed by atoms with Gasteiger partial charge in [-0.05, 0) is 19.1 Å². The summed E-state index contributed by atoms with van der Waals surface area (Å²) in [6.45, 7) is 1.86. The van der Waals surface area contributed by atoms with Gasteiger partial charge in [0, 0.05) is 5.56 Å². The molecule has 1 N–H and O–H groups in total. The Bertz CT molecular complexity index is 433. The lowest BCUT2D eigenvalue weighted by molar-refractivity contribution is -0.115. The third kappa shape index (κ3) is 2.92. The first-order valence-corrected chi connectivity index (χ1v) is 4.40. The van der Waals surface area contributed by atoms with E-state index in [-0.39, 0.29) is 6.42 Å². The fourth-order valence-electron chi connectivity index (χ4n) is 1.16. The standard InChI is InChI=1S/C11H10N2O2/c1-8-2-3-10(9(6-8)7-14)13-11(15)4-5-12/h2-3,6-7H,4H2,1H3,(H,13,15). The number of rotatable bonds is 3. The molecule has 1 amide bonds. The zero-order valence-electron chi connectivity index (χ0n) is 8.28. The molecule has 4 nitrogen and oxygen atoms in total. The van der Waals surface area contributed by atoms with Crippen LogP contribution in [0.3, 0.4) is 0 Å². The normalized spacial score (nSPS) is 9.07. The first-order valence-electron chi connectivity index (χ1n) is 4.40. The predicted octanol–water partition coefficient (Wildman–Crippen LogP) is 1.66. The summed E-state index contributed by atoms with van der Waals surface area (Å²) in [6.07, 6.45) is 0.459. The van der Waals surface area contributed by atoms with Crippen molar-refractivity contribution in [1.82, 2.24) is 0 Å². The van der Waals surface area contributed by atoms with Gasteiger partial charge in [0.25, 0.3) is 0 Å². The number of hydrogen-bond acceptors (Lipinski definition) is 3. The van der Waals surface area contributed by atoms with Gasteiger partial charge in [-0.25, -0.2) is 0 Å². The van der Waals surface area contributed by atoms with E-state index in [0.717, 1.165) is 5.56 Å². The van der Waals surface area contributed by atoms with Gasteiger partial charge in [0.1, 0.15) is 6.42 Å². The van der Waals surface area contributed by atoms with Crippen LogP contribution in [0.15, 0.2) is 18.2 Å². The highest BCUT2D eigenvalue weighted by Gasteiger charge is 2.05. The van der Waals surface area contributed by atoms with Gasteiger partial charge in [0.2, 0.25) is 5.91 Å². The van der Waals surface area contributed by atoms with Gasteiger partial charge in [0.15, 0.2) is 6.29 Å². The number of nitrogens with zero attached hydrogens (tertiary/aromatic N) is 1. The lowest BCUT2D eigenvalue weighted by Gasteiger charge is -2.06. The van der Waals surface area contributed by atoms with Crippen molar-refractivity contribution in [2.24, 2.45) is 0 Å². The van der Waals surface area contributed by atoms with Gasteiger partial charge in [-0.1, -0.05) is 11.6 Å². The van der Waals surface area contributed by atoms with Crippen LogP contribution in [0.5, 0.6) is 0 Å². The molecule has 1 rings (SSSR count). The maximum Gasteiger partial charge on any atom is 0.238 e. The monoisotopic (exact) mass is 202 g/mol. The minimum atomic E-state index is -0.413. The van der Waals surface area contributed by atoms with Crippen LogP contribution in [-0.2, 0) is 4.79 Å². The molecule has 0 spiro atoms. The summed E-state index contributed by atoms with van der Waals surface area (Å²) in [4.78, 5) is 21.8. The quantitative estimate of drug-likeness (QED) is 0.758. The molecule has 0 heterocycles. The lowest BCUT2D eigenvalue weighted by atomic mass is 10.1. The zero-order valence-corrected chi connectivity index (χ0v) is 8.28. The molecule has 0 atom stereocenters. The average molecular weight is 202 g/mol. The average Bonchev–Trinajstić information content (AvgIpc) is 2.21. The van der Waals surface area contributed by atoms with Crippen molar-refractivity contribution < 1.29 is 9.59 Å². The van der Waals surface area contributed by atoms with Crippen LogP contribution in [0, 0.1) is 18.3 Å². The molecule has 0 aliphatic carbocycles. The van der Waals surface area contributed by atoms with Gasteiger partial charge >= 0.3 is 0 Å². The molecule has 15 heavy (non-hydrogen) atoms. The van der Waals surface area contributed by atoms with Gasteiger partial charge < -0.3 is 5.32 Å². The van der Waals surface area contributed by atoms with E-state index in [9.17, 15) is 9.59 Å². The van der Waals surface area contributed by atoms with Gasteiger partial charge in [0.05, 0.1) is 11.8 Å². The summed E-state index contributed by atoms with van der Waals surface area (Å²) in [5.41, 5.74) is 1.80. The topological polar surface area (TPSA) is 70.0 Å². The summed E-state index contributed by atoms with van der Waals surface area (Å²) in [5, 5.41) is 10.8. The summed E-state index contributed by atoms with van der Waals surface area (Å²) in [7, 11) is 0. The van der Waals surface area contributed by atoms with Gasteiger partial charge in [-0.15, -0.1) is 0 Å². The number of benzene rings is 1. The predicted molar refractivity (Wildman–Crippen MR) is 55.4 cm³/mol. The maximum absolute atomic E-state index is 11.1. The largest absolute Gasteiger partial charge is 0.325 e. The highest BCUT2D eigenvalue weighted by molar-refractivity contribution is 5.97. The molecule has 0 aromatic heterocycles. The van der Waals surface area contributed by atoms with Crippen LogP contribution in [0.1, 0.15) is 22.3 Å². The fraction of sp³-hybridized carbons (Fsp3) is 0.182. The van der Waals surface area contributed by atoms with E-state index in [1.165, 1.54) is 0 Å². The Balaban J connectivity index is 2.90. The molecule has 76 valence electrons. The Labute approximate surface area is 87.5 Å². The first-order chi connectivity index (χ1) is 7.17. The Kier molecular flexibility index (Phi) is 3.58. The summed E-state index contributed by atoms with van der Waals surface area (Å²) >= 11 is 0. The zero-order chi connectivity index (χ0) is 11.3. The molecule has 0 fully saturated rings. The molecule has 0 aliphatic rings. The molecular formula is C11H10N2O2. The molecular weight excluding hydrogens is 192 g/mol. The van der Waals surface area contributed by atoms with Crippen LogP contribution < -0.4 is 5.32 Å². The molecule has 1 aromatic rings. The van der Waals surface area contributed by atoms with Crippen molar-refractivity contribution in [2.75, 3.05) is 5.32 Å². The Morgan fingerprint density at radius 1 is 1.60 bits per heavy atom. The second kappa shape index (κ2) is 4.91. The minimum Gasteiger partial charge on any atom is -0.325 e. The van der Waals surface area contributed by atoms with Crippen molar-refractivity contribution in [3.05, 3.63) is 29.3 Å². The molecule has 0 saturated heterocycles. The number of hydrogen-bond donors (Lipinski definition) is 1. The highest BCUT2D eigenvalue weighted by atomic mass is 16.1. The van der Waals surface area contributed by atoms with Crippen molar-refractivity contribution in [2.45, 2.75) is 13.3 Å². The van der Waals surface area contributed by atoms with E-state index in [4.69, 9.17) is 5.26 Å². The second-order valence-electron chi connectivity index (χ2n) is 3.09. The third-order valence-electron chi connectivity index (χ3n) is 1.85. The van der Waals surface area contributed by atoms with Crippen LogP contribution in [0.4, 0.5) is 5.69 Å². The van der Waals surface area contributed by atoms with E-state index in [0.29, 0.717) is 17.5 Å². The van der Waals surface area contributed by atoms with Gasteiger partial charge in [-0.3, -0.25) is 9.59 Å². The molecule has 1 aromatic carbocycles. The number of aldehydes is 1. The van der Waals surface area contributed by atoms with E-state index in [1.54, 1.807) is 24.3 Å². The summed E-state index contributed by atoms with van der Waals surface area (Å²) in [6, 6.07) is 6.85. The summed E-state index contributed by atoms with van der Waals surface area (Å²) in [5.74, 6) is -0.413. The van der Waals surface area contributed by atoms with E-state index in [1.807, 2.05) is 6.92 Å². The highest BCUT2D eigenvalue weighted by Crippen LogP contribution is 2.15. The third-order valence-corrected chi connectivity index (χ3v) is 1.85.